The second-order valence-corrected chi connectivity index (χ2v) is 5.83. The lowest BCUT2D eigenvalue weighted by Gasteiger charge is -2.28. The molecule has 0 N–H and O–H groups in total. The summed E-state index contributed by atoms with van der Waals surface area (Å²) in [7, 11) is 1.59. The predicted molar refractivity (Wildman–Crippen MR) is 77.8 cm³/mol. The Balaban J connectivity index is 1.88. The summed E-state index contributed by atoms with van der Waals surface area (Å²) < 4.78 is 23.1. The smallest absolute Gasteiger partial charge is 0.190 e. The summed E-state index contributed by atoms with van der Waals surface area (Å²) in [6.07, 6.45) is -1.70. The Kier molecular flexibility index (Phi) is 4.08. The van der Waals surface area contributed by atoms with E-state index in [0.717, 1.165) is 5.56 Å². The topological polar surface area (TPSA) is 85.7 Å². The molecule has 1 aromatic rings. The van der Waals surface area contributed by atoms with Crippen molar-refractivity contribution < 1.29 is 18.9 Å². The highest BCUT2D eigenvalue weighted by Gasteiger charge is 2.56. The van der Waals surface area contributed by atoms with Crippen LogP contribution in [-0.4, -0.2) is 37.5 Å². The Hall–Kier alpha value is -1.63. The summed E-state index contributed by atoms with van der Waals surface area (Å²) in [6, 6.07) is 8.98. The van der Waals surface area contributed by atoms with Crippen LogP contribution in [0, 0.1) is 0 Å². The lowest BCUT2D eigenvalue weighted by atomic mass is 9.97. The third-order valence-electron chi connectivity index (χ3n) is 3.93. The van der Waals surface area contributed by atoms with Crippen molar-refractivity contribution in [1.29, 1.82) is 0 Å². The number of azide groups is 1. The molecule has 5 atom stereocenters. The molecular weight excluding hydrogens is 286 g/mol. The number of hydrogen-bond acceptors (Lipinski definition) is 5. The first-order chi connectivity index (χ1) is 10.6. The summed E-state index contributed by atoms with van der Waals surface area (Å²) in [6.45, 7) is 3.66. The molecule has 3 rings (SSSR count). The van der Waals surface area contributed by atoms with E-state index < -0.39 is 24.2 Å². The maximum absolute atomic E-state index is 8.90. The van der Waals surface area contributed by atoms with Crippen LogP contribution in [0.3, 0.4) is 0 Å². The van der Waals surface area contributed by atoms with Gasteiger partial charge in [0.15, 0.2) is 12.1 Å². The first kappa shape index (κ1) is 15.3. The van der Waals surface area contributed by atoms with Gasteiger partial charge in [-0.1, -0.05) is 35.4 Å². The molecule has 2 heterocycles. The van der Waals surface area contributed by atoms with Gasteiger partial charge in [-0.05, 0) is 24.9 Å². The van der Waals surface area contributed by atoms with E-state index in [1.807, 2.05) is 44.2 Å². The lowest BCUT2D eigenvalue weighted by molar-refractivity contribution is -0.219. The van der Waals surface area contributed by atoms with E-state index in [-0.39, 0.29) is 12.2 Å². The van der Waals surface area contributed by atoms with E-state index in [0.29, 0.717) is 0 Å². The second-order valence-electron chi connectivity index (χ2n) is 5.83. The Morgan fingerprint density at radius 3 is 2.64 bits per heavy atom. The van der Waals surface area contributed by atoms with Crippen molar-refractivity contribution in [2.75, 3.05) is 7.11 Å². The molecule has 0 spiro atoms. The third-order valence-corrected chi connectivity index (χ3v) is 3.93. The first-order valence-electron chi connectivity index (χ1n) is 7.19. The van der Waals surface area contributed by atoms with Crippen LogP contribution in [0.4, 0.5) is 0 Å². The van der Waals surface area contributed by atoms with Gasteiger partial charge in [-0.2, -0.15) is 0 Å². The fourth-order valence-electron chi connectivity index (χ4n) is 3.05. The monoisotopic (exact) mass is 305 g/mol. The summed E-state index contributed by atoms with van der Waals surface area (Å²) in [5, 5.41) is 3.90. The third kappa shape index (κ3) is 2.69. The Labute approximate surface area is 128 Å². The largest absolute Gasteiger partial charge is 0.376 e. The van der Waals surface area contributed by atoms with Crippen LogP contribution in [0.25, 0.3) is 10.4 Å². The Bertz CT molecular complexity index is 573. The molecule has 0 amide bonds. The van der Waals surface area contributed by atoms with Gasteiger partial charge in [0.05, 0.1) is 6.04 Å². The number of ether oxygens (including phenoxy) is 4. The zero-order valence-electron chi connectivity index (χ0n) is 12.7. The standard InChI is InChI=1S/C15H19N3O4/c1-15(2)21-13-12(19-3)11(20-14(13)22-15)10(17-18-16)9-7-5-4-6-8-9/h4-8,10-14H,1-3H3/t10-,11+,12-,13+,14-/m0/s1. The number of methoxy groups -OCH3 is 1. The Morgan fingerprint density at radius 2 is 2.00 bits per heavy atom. The van der Waals surface area contributed by atoms with Gasteiger partial charge < -0.3 is 18.9 Å². The van der Waals surface area contributed by atoms with Gasteiger partial charge in [-0.3, -0.25) is 0 Å². The minimum atomic E-state index is -0.710. The molecule has 1 aromatic carbocycles. The highest BCUT2D eigenvalue weighted by Crippen LogP contribution is 2.43. The molecule has 7 heteroatoms. The number of benzene rings is 1. The average Bonchev–Trinajstić information content (AvgIpc) is 2.96. The summed E-state index contributed by atoms with van der Waals surface area (Å²) in [5.41, 5.74) is 9.77. The zero-order valence-corrected chi connectivity index (χ0v) is 12.7. The van der Waals surface area contributed by atoms with Gasteiger partial charge in [0.25, 0.3) is 0 Å². The number of rotatable bonds is 4. The van der Waals surface area contributed by atoms with Crippen molar-refractivity contribution in [1.82, 2.24) is 0 Å². The maximum Gasteiger partial charge on any atom is 0.190 e. The van der Waals surface area contributed by atoms with Crippen LogP contribution >= 0.6 is 0 Å². The molecule has 2 fully saturated rings. The van der Waals surface area contributed by atoms with Gasteiger partial charge in [0.2, 0.25) is 0 Å². The molecule has 0 radical (unpaired) electrons. The molecule has 2 saturated heterocycles. The van der Waals surface area contributed by atoms with Gasteiger partial charge in [-0.25, -0.2) is 0 Å². The van der Waals surface area contributed by atoms with Crippen molar-refractivity contribution in [3.63, 3.8) is 0 Å². The number of fused-ring (bicyclic) bond motifs is 1. The van der Waals surface area contributed by atoms with Gasteiger partial charge in [-0.15, -0.1) is 0 Å². The van der Waals surface area contributed by atoms with E-state index in [1.54, 1.807) is 7.11 Å². The molecule has 118 valence electrons. The molecule has 2 aliphatic heterocycles. The number of nitrogens with zero attached hydrogens (tertiary/aromatic N) is 3. The molecule has 0 unspecified atom stereocenters. The zero-order chi connectivity index (χ0) is 15.7. The van der Waals surface area contributed by atoms with Crippen LogP contribution in [-0.2, 0) is 18.9 Å². The highest BCUT2D eigenvalue weighted by molar-refractivity contribution is 5.22. The van der Waals surface area contributed by atoms with Gasteiger partial charge in [0, 0.05) is 12.0 Å². The molecule has 0 aliphatic carbocycles. The van der Waals surface area contributed by atoms with Crippen molar-refractivity contribution in [3.05, 3.63) is 46.3 Å². The molecule has 0 aromatic heterocycles. The highest BCUT2D eigenvalue weighted by atomic mass is 16.8. The lowest BCUT2D eigenvalue weighted by Crippen LogP contribution is -2.38. The number of hydrogen-bond donors (Lipinski definition) is 0. The molecular formula is C15H19N3O4. The van der Waals surface area contributed by atoms with E-state index in [4.69, 9.17) is 24.5 Å². The average molecular weight is 305 g/mol. The Morgan fingerprint density at radius 1 is 1.27 bits per heavy atom. The maximum atomic E-state index is 8.90. The minimum Gasteiger partial charge on any atom is -0.376 e. The first-order valence-corrected chi connectivity index (χ1v) is 7.19. The molecule has 0 saturated carbocycles. The van der Waals surface area contributed by atoms with Gasteiger partial charge >= 0.3 is 0 Å². The quantitative estimate of drug-likeness (QED) is 0.486. The van der Waals surface area contributed by atoms with Crippen LogP contribution in [0.2, 0.25) is 0 Å². The molecule has 0 bridgehead atoms. The van der Waals surface area contributed by atoms with Gasteiger partial charge in [0.1, 0.15) is 18.3 Å². The van der Waals surface area contributed by atoms with Crippen LogP contribution in [0.1, 0.15) is 25.5 Å². The van der Waals surface area contributed by atoms with E-state index >= 15 is 0 Å². The minimum absolute atomic E-state index is 0.342. The van der Waals surface area contributed by atoms with E-state index in [2.05, 4.69) is 10.0 Å². The van der Waals surface area contributed by atoms with Crippen molar-refractivity contribution in [3.8, 4) is 0 Å². The SMILES string of the molecule is CO[C@@H]1[C@H]2OC(C)(C)O[C@@H]2O[C@@H]1[C@@H](N=[N+]=[N-])c1ccccc1. The fourth-order valence-corrected chi connectivity index (χ4v) is 3.05. The van der Waals surface area contributed by atoms with E-state index in [9.17, 15) is 0 Å². The van der Waals surface area contributed by atoms with E-state index in [1.165, 1.54) is 0 Å². The van der Waals surface area contributed by atoms with Crippen molar-refractivity contribution >= 4 is 0 Å². The summed E-state index contributed by atoms with van der Waals surface area (Å²) in [4.78, 5) is 2.96. The normalized spacial score (nSPS) is 34.0. The summed E-state index contributed by atoms with van der Waals surface area (Å²) >= 11 is 0. The van der Waals surface area contributed by atoms with Crippen LogP contribution in [0.5, 0.6) is 0 Å². The predicted octanol–water partition coefficient (Wildman–Crippen LogP) is 2.93. The molecule has 22 heavy (non-hydrogen) atoms. The van der Waals surface area contributed by atoms with Crippen molar-refractivity contribution in [2.45, 2.75) is 50.3 Å². The molecule has 2 aliphatic rings. The second kappa shape index (κ2) is 5.87. The fraction of sp³-hybridized carbons (Fsp3) is 0.600. The van der Waals surface area contributed by atoms with Crippen LogP contribution < -0.4 is 0 Å². The molecule has 7 nitrogen and oxygen atoms in total. The van der Waals surface area contributed by atoms with Crippen molar-refractivity contribution in [2.24, 2.45) is 5.11 Å². The summed E-state index contributed by atoms with van der Waals surface area (Å²) in [5.74, 6) is -0.710. The van der Waals surface area contributed by atoms with Crippen LogP contribution in [0.15, 0.2) is 35.4 Å².